The number of aliphatic imine (C=N–C) groups is 1. The third kappa shape index (κ3) is 6.78. The number of hydrogen-bond acceptors (Lipinski definition) is 5. The van der Waals surface area contributed by atoms with E-state index in [1.807, 2.05) is 11.0 Å². The number of carbonyl (C=O) groups is 1. The highest BCUT2D eigenvalue weighted by Crippen LogP contribution is 2.19. The first-order chi connectivity index (χ1) is 15.7. The van der Waals surface area contributed by atoms with Gasteiger partial charge in [-0.1, -0.05) is 24.3 Å². The van der Waals surface area contributed by atoms with Crippen LogP contribution in [0.5, 0.6) is 0 Å². The summed E-state index contributed by atoms with van der Waals surface area (Å²) in [7, 11) is 0. The van der Waals surface area contributed by atoms with E-state index >= 15 is 0 Å². The molecule has 1 saturated heterocycles. The van der Waals surface area contributed by atoms with E-state index in [-0.39, 0.29) is 29.9 Å². The van der Waals surface area contributed by atoms with Gasteiger partial charge < -0.3 is 20.0 Å². The van der Waals surface area contributed by atoms with Crippen molar-refractivity contribution in [2.24, 2.45) is 4.99 Å². The molecule has 2 aromatic rings. The van der Waals surface area contributed by atoms with E-state index in [0.717, 1.165) is 70.6 Å². The van der Waals surface area contributed by atoms with E-state index in [0.29, 0.717) is 13.0 Å². The summed E-state index contributed by atoms with van der Waals surface area (Å²) in [5, 5.41) is 3.40. The SMILES string of the molecule is CCNC(=NCCCC(=O)N1CCc2ccccc2C1)N1CCN(c2ncccn2)CC1.I. The Kier molecular flexibility index (Phi) is 9.71. The van der Waals surface area contributed by atoms with Crippen molar-refractivity contribution >= 4 is 41.8 Å². The molecule has 0 bridgehead atoms. The van der Waals surface area contributed by atoms with Gasteiger partial charge in [0.15, 0.2) is 5.96 Å². The predicted octanol–water partition coefficient (Wildman–Crippen LogP) is 2.55. The lowest BCUT2D eigenvalue weighted by molar-refractivity contribution is -0.132. The number of guanidine groups is 1. The molecule has 9 heteroatoms. The molecule has 2 aliphatic heterocycles. The fourth-order valence-electron chi connectivity index (χ4n) is 4.28. The van der Waals surface area contributed by atoms with Crippen LogP contribution in [0.25, 0.3) is 0 Å². The minimum Gasteiger partial charge on any atom is -0.357 e. The van der Waals surface area contributed by atoms with Crippen LogP contribution in [0.4, 0.5) is 5.95 Å². The van der Waals surface area contributed by atoms with Crippen LogP contribution in [-0.4, -0.2) is 77.4 Å². The number of carbonyl (C=O) groups excluding carboxylic acids is 1. The van der Waals surface area contributed by atoms with Crippen molar-refractivity contribution in [1.29, 1.82) is 0 Å². The molecule has 1 aromatic heterocycles. The van der Waals surface area contributed by atoms with Crippen LogP contribution in [0.3, 0.4) is 0 Å². The van der Waals surface area contributed by atoms with E-state index in [2.05, 4.69) is 56.3 Å². The second kappa shape index (κ2) is 12.7. The summed E-state index contributed by atoms with van der Waals surface area (Å²) in [4.78, 5) is 32.7. The number of rotatable bonds is 6. The third-order valence-corrected chi connectivity index (χ3v) is 6.04. The van der Waals surface area contributed by atoms with Gasteiger partial charge in [-0.3, -0.25) is 9.79 Å². The standard InChI is InChI=1S/C24H33N7O.HI/c1-2-25-23(29-15-17-30(18-16-29)24-27-12-6-13-28-24)26-11-5-9-22(32)31-14-10-20-7-3-4-8-21(20)19-31;/h3-4,6-8,12-13H,2,5,9-11,14-19H2,1H3,(H,25,26);1H. The van der Waals surface area contributed by atoms with Crippen LogP contribution < -0.4 is 10.2 Å². The molecule has 0 atom stereocenters. The highest BCUT2D eigenvalue weighted by atomic mass is 127. The second-order valence-electron chi connectivity index (χ2n) is 8.20. The molecule has 33 heavy (non-hydrogen) atoms. The number of piperazine rings is 1. The zero-order valence-corrected chi connectivity index (χ0v) is 21.6. The van der Waals surface area contributed by atoms with Crippen LogP contribution in [0, 0.1) is 0 Å². The molecule has 1 N–H and O–H groups in total. The average Bonchev–Trinajstić information content (AvgIpc) is 2.86. The van der Waals surface area contributed by atoms with Crippen molar-refractivity contribution in [3.05, 3.63) is 53.9 Å². The average molecular weight is 563 g/mol. The summed E-state index contributed by atoms with van der Waals surface area (Å²) in [5.41, 5.74) is 2.65. The first-order valence-corrected chi connectivity index (χ1v) is 11.6. The molecule has 1 aromatic carbocycles. The number of aromatic nitrogens is 2. The zero-order chi connectivity index (χ0) is 22.2. The van der Waals surface area contributed by atoms with Crippen molar-refractivity contribution in [1.82, 2.24) is 25.1 Å². The Balaban J connectivity index is 0.00000306. The third-order valence-electron chi connectivity index (χ3n) is 6.04. The Labute approximate surface area is 213 Å². The van der Waals surface area contributed by atoms with Gasteiger partial charge in [-0.25, -0.2) is 9.97 Å². The maximum absolute atomic E-state index is 12.7. The highest BCUT2D eigenvalue weighted by molar-refractivity contribution is 14.0. The number of hydrogen-bond donors (Lipinski definition) is 1. The quantitative estimate of drug-likeness (QED) is 0.252. The van der Waals surface area contributed by atoms with Gasteiger partial charge in [0.25, 0.3) is 0 Å². The van der Waals surface area contributed by atoms with Crippen molar-refractivity contribution in [3.8, 4) is 0 Å². The zero-order valence-electron chi connectivity index (χ0n) is 19.3. The van der Waals surface area contributed by atoms with E-state index < -0.39 is 0 Å². The summed E-state index contributed by atoms with van der Waals surface area (Å²) < 4.78 is 0. The molecule has 3 heterocycles. The Bertz CT molecular complexity index is 916. The number of nitrogens with one attached hydrogen (secondary N) is 1. The Hall–Kier alpha value is -2.43. The lowest BCUT2D eigenvalue weighted by Crippen LogP contribution is -2.53. The molecule has 1 amide bonds. The molecule has 0 saturated carbocycles. The van der Waals surface area contributed by atoms with Gasteiger partial charge in [0.1, 0.15) is 0 Å². The summed E-state index contributed by atoms with van der Waals surface area (Å²) in [6.07, 6.45) is 5.83. The van der Waals surface area contributed by atoms with Gasteiger partial charge in [-0.15, -0.1) is 24.0 Å². The summed E-state index contributed by atoms with van der Waals surface area (Å²) >= 11 is 0. The first-order valence-electron chi connectivity index (χ1n) is 11.6. The Morgan fingerprint density at radius 1 is 1.00 bits per heavy atom. The minimum atomic E-state index is 0. The Morgan fingerprint density at radius 2 is 1.73 bits per heavy atom. The van der Waals surface area contributed by atoms with Gasteiger partial charge in [-0.2, -0.15) is 0 Å². The molecule has 2 aliphatic rings. The van der Waals surface area contributed by atoms with Gasteiger partial charge in [0.05, 0.1) is 0 Å². The Morgan fingerprint density at radius 3 is 2.45 bits per heavy atom. The van der Waals surface area contributed by atoms with Gasteiger partial charge >= 0.3 is 0 Å². The van der Waals surface area contributed by atoms with Crippen LogP contribution in [0.1, 0.15) is 30.9 Å². The van der Waals surface area contributed by atoms with E-state index in [1.54, 1.807) is 12.4 Å². The molecule has 0 radical (unpaired) electrons. The molecule has 1 fully saturated rings. The molecule has 8 nitrogen and oxygen atoms in total. The lowest BCUT2D eigenvalue weighted by atomic mass is 9.99. The largest absolute Gasteiger partial charge is 0.357 e. The maximum atomic E-state index is 12.7. The lowest BCUT2D eigenvalue weighted by Gasteiger charge is -2.36. The number of anilines is 1. The minimum absolute atomic E-state index is 0. The van der Waals surface area contributed by atoms with Crippen molar-refractivity contribution in [2.75, 3.05) is 50.7 Å². The molecule has 0 unspecified atom stereocenters. The normalized spacial score (nSPS) is 16.2. The van der Waals surface area contributed by atoms with E-state index in [9.17, 15) is 4.79 Å². The summed E-state index contributed by atoms with van der Waals surface area (Å²) in [6, 6.07) is 10.3. The topological polar surface area (TPSA) is 77.0 Å². The van der Waals surface area contributed by atoms with E-state index in [1.165, 1.54) is 11.1 Å². The predicted molar refractivity (Wildman–Crippen MR) is 142 cm³/mol. The van der Waals surface area contributed by atoms with Crippen molar-refractivity contribution in [3.63, 3.8) is 0 Å². The molecule has 178 valence electrons. The molecular weight excluding hydrogens is 529 g/mol. The van der Waals surface area contributed by atoms with Gasteiger partial charge in [0, 0.05) is 71.2 Å². The van der Waals surface area contributed by atoms with Crippen molar-refractivity contribution < 1.29 is 4.79 Å². The van der Waals surface area contributed by atoms with Gasteiger partial charge in [0.2, 0.25) is 11.9 Å². The smallest absolute Gasteiger partial charge is 0.225 e. The van der Waals surface area contributed by atoms with Crippen LogP contribution in [0.2, 0.25) is 0 Å². The van der Waals surface area contributed by atoms with Gasteiger partial charge in [-0.05, 0) is 37.0 Å². The fourth-order valence-corrected chi connectivity index (χ4v) is 4.28. The fraction of sp³-hybridized carbons (Fsp3) is 0.500. The summed E-state index contributed by atoms with van der Waals surface area (Å²) in [5.74, 6) is 1.95. The van der Waals surface area contributed by atoms with Crippen LogP contribution in [-0.2, 0) is 17.8 Å². The highest BCUT2D eigenvalue weighted by Gasteiger charge is 2.22. The number of nitrogens with zero attached hydrogens (tertiary/aromatic N) is 6. The first kappa shape index (κ1) is 25.2. The maximum Gasteiger partial charge on any atom is 0.225 e. The second-order valence-corrected chi connectivity index (χ2v) is 8.20. The van der Waals surface area contributed by atoms with Crippen molar-refractivity contribution in [2.45, 2.75) is 32.7 Å². The molecule has 0 spiro atoms. The summed E-state index contributed by atoms with van der Waals surface area (Å²) in [6.45, 7) is 8.58. The van der Waals surface area contributed by atoms with Crippen LogP contribution >= 0.6 is 24.0 Å². The monoisotopic (exact) mass is 563 g/mol. The molecular formula is C24H34IN7O. The number of benzene rings is 1. The molecule has 4 rings (SSSR count). The number of fused-ring (bicyclic) bond motifs is 1. The number of halogens is 1. The van der Waals surface area contributed by atoms with Crippen LogP contribution in [0.15, 0.2) is 47.7 Å². The van der Waals surface area contributed by atoms with E-state index in [4.69, 9.17) is 4.99 Å². The molecule has 0 aliphatic carbocycles. The number of amides is 1.